The Morgan fingerprint density at radius 1 is 1.39 bits per heavy atom. The molecule has 0 aliphatic carbocycles. The SMILES string of the molecule is CCOc1c(Cl)ccc(-c2nc(N)c(Cl)c(CC(=O)O)n2)c1F. The summed E-state index contributed by atoms with van der Waals surface area (Å²) in [7, 11) is 0. The molecule has 2 rings (SSSR count). The summed E-state index contributed by atoms with van der Waals surface area (Å²) in [6, 6.07) is 2.78. The van der Waals surface area contributed by atoms with Crippen molar-refractivity contribution in [3.8, 4) is 17.1 Å². The summed E-state index contributed by atoms with van der Waals surface area (Å²) in [5.41, 5.74) is 5.63. The summed E-state index contributed by atoms with van der Waals surface area (Å²) >= 11 is 11.8. The number of anilines is 1. The number of rotatable bonds is 5. The van der Waals surface area contributed by atoms with Crippen LogP contribution in [0.25, 0.3) is 11.4 Å². The van der Waals surface area contributed by atoms with Gasteiger partial charge in [0, 0.05) is 0 Å². The Balaban J connectivity index is 2.60. The van der Waals surface area contributed by atoms with Crippen LogP contribution in [0.4, 0.5) is 10.2 Å². The lowest BCUT2D eigenvalue weighted by Crippen LogP contribution is -2.08. The Bertz CT molecular complexity index is 771. The molecule has 122 valence electrons. The highest BCUT2D eigenvalue weighted by atomic mass is 35.5. The Labute approximate surface area is 141 Å². The molecule has 6 nitrogen and oxygen atoms in total. The van der Waals surface area contributed by atoms with Crippen LogP contribution in [0.5, 0.6) is 5.75 Å². The lowest BCUT2D eigenvalue weighted by Gasteiger charge is -2.12. The third-order valence-electron chi connectivity index (χ3n) is 2.84. The number of carboxylic acid groups (broad SMARTS) is 1. The summed E-state index contributed by atoms with van der Waals surface area (Å²) in [5.74, 6) is -2.29. The van der Waals surface area contributed by atoms with Crippen molar-refractivity contribution in [2.24, 2.45) is 0 Å². The number of carboxylic acids is 1. The molecule has 9 heteroatoms. The number of hydrogen-bond acceptors (Lipinski definition) is 5. The smallest absolute Gasteiger partial charge is 0.309 e. The topological polar surface area (TPSA) is 98.3 Å². The number of benzene rings is 1. The first-order valence-corrected chi connectivity index (χ1v) is 7.25. The minimum Gasteiger partial charge on any atom is -0.489 e. The van der Waals surface area contributed by atoms with Crippen LogP contribution >= 0.6 is 23.2 Å². The fraction of sp³-hybridized carbons (Fsp3) is 0.214. The molecule has 3 N–H and O–H groups in total. The number of halogens is 3. The molecule has 0 aliphatic heterocycles. The van der Waals surface area contributed by atoms with Gasteiger partial charge in [-0.1, -0.05) is 23.2 Å². The number of carbonyl (C=O) groups is 1. The van der Waals surface area contributed by atoms with E-state index in [4.69, 9.17) is 38.8 Å². The summed E-state index contributed by atoms with van der Waals surface area (Å²) < 4.78 is 19.7. The van der Waals surface area contributed by atoms with Gasteiger partial charge in [-0.25, -0.2) is 14.4 Å². The van der Waals surface area contributed by atoms with E-state index in [2.05, 4.69) is 9.97 Å². The van der Waals surface area contributed by atoms with E-state index in [1.54, 1.807) is 6.92 Å². The predicted molar refractivity (Wildman–Crippen MR) is 84.4 cm³/mol. The fourth-order valence-electron chi connectivity index (χ4n) is 1.88. The Morgan fingerprint density at radius 3 is 2.70 bits per heavy atom. The van der Waals surface area contributed by atoms with Gasteiger partial charge in [0.1, 0.15) is 10.8 Å². The molecule has 0 amide bonds. The maximum atomic E-state index is 14.6. The van der Waals surface area contributed by atoms with Gasteiger partial charge in [0.2, 0.25) is 0 Å². The van der Waals surface area contributed by atoms with Gasteiger partial charge in [-0.2, -0.15) is 0 Å². The number of nitrogens with two attached hydrogens (primary N) is 1. The molecular weight excluding hydrogens is 348 g/mol. The molecule has 2 aromatic rings. The Hall–Kier alpha value is -2.12. The van der Waals surface area contributed by atoms with Gasteiger partial charge in [-0.05, 0) is 19.1 Å². The van der Waals surface area contributed by atoms with Crippen LogP contribution < -0.4 is 10.5 Å². The van der Waals surface area contributed by atoms with Gasteiger partial charge < -0.3 is 15.6 Å². The van der Waals surface area contributed by atoms with E-state index in [1.807, 2.05) is 0 Å². The van der Waals surface area contributed by atoms with Crippen molar-refractivity contribution in [1.82, 2.24) is 9.97 Å². The second-order valence-corrected chi connectivity index (χ2v) is 5.22. The summed E-state index contributed by atoms with van der Waals surface area (Å²) in [5, 5.41) is 8.90. The average Bonchev–Trinajstić information content (AvgIpc) is 2.47. The van der Waals surface area contributed by atoms with Crippen LogP contribution in [0.1, 0.15) is 12.6 Å². The summed E-state index contributed by atoms with van der Waals surface area (Å²) in [6.07, 6.45) is -0.466. The molecule has 23 heavy (non-hydrogen) atoms. The van der Waals surface area contributed by atoms with Gasteiger partial charge in [0.15, 0.2) is 17.4 Å². The fourth-order valence-corrected chi connectivity index (χ4v) is 2.23. The molecule has 1 aromatic carbocycles. The van der Waals surface area contributed by atoms with Crippen molar-refractivity contribution in [2.75, 3.05) is 12.3 Å². The van der Waals surface area contributed by atoms with Crippen LogP contribution in [-0.4, -0.2) is 27.7 Å². The monoisotopic (exact) mass is 359 g/mol. The normalized spacial score (nSPS) is 10.6. The summed E-state index contributed by atoms with van der Waals surface area (Å²) in [6.45, 7) is 1.90. The third-order valence-corrected chi connectivity index (χ3v) is 3.55. The Kier molecular flexibility index (Phi) is 5.23. The van der Waals surface area contributed by atoms with Crippen LogP contribution in [0.15, 0.2) is 12.1 Å². The van der Waals surface area contributed by atoms with E-state index >= 15 is 0 Å². The van der Waals surface area contributed by atoms with Crippen LogP contribution in [0.3, 0.4) is 0 Å². The van der Waals surface area contributed by atoms with E-state index in [9.17, 15) is 9.18 Å². The molecule has 0 saturated heterocycles. The zero-order valence-corrected chi connectivity index (χ0v) is 13.5. The van der Waals surface area contributed by atoms with Crippen LogP contribution in [0, 0.1) is 5.82 Å². The van der Waals surface area contributed by atoms with Crippen molar-refractivity contribution in [2.45, 2.75) is 13.3 Å². The molecule has 1 heterocycles. The zero-order chi connectivity index (χ0) is 17.1. The lowest BCUT2D eigenvalue weighted by molar-refractivity contribution is -0.136. The molecule has 0 bridgehead atoms. The molecule has 0 unspecified atom stereocenters. The molecule has 0 aliphatic rings. The highest BCUT2D eigenvalue weighted by Crippen LogP contribution is 2.35. The number of aromatic nitrogens is 2. The van der Waals surface area contributed by atoms with Gasteiger partial charge in [0.25, 0.3) is 0 Å². The maximum absolute atomic E-state index is 14.6. The van der Waals surface area contributed by atoms with Crippen molar-refractivity contribution in [3.05, 3.63) is 33.7 Å². The minimum atomic E-state index is -1.15. The maximum Gasteiger partial charge on any atom is 0.309 e. The first-order valence-electron chi connectivity index (χ1n) is 6.50. The summed E-state index contributed by atoms with van der Waals surface area (Å²) in [4.78, 5) is 18.8. The van der Waals surface area contributed by atoms with E-state index in [-0.39, 0.29) is 45.3 Å². The van der Waals surface area contributed by atoms with Crippen molar-refractivity contribution in [3.63, 3.8) is 0 Å². The predicted octanol–water partition coefficient (Wildman–Crippen LogP) is 3.20. The second kappa shape index (κ2) is 6.97. The van der Waals surface area contributed by atoms with Crippen LogP contribution in [0.2, 0.25) is 10.0 Å². The van der Waals surface area contributed by atoms with Crippen molar-refractivity contribution < 1.29 is 19.0 Å². The van der Waals surface area contributed by atoms with E-state index in [1.165, 1.54) is 12.1 Å². The lowest BCUT2D eigenvalue weighted by atomic mass is 10.1. The molecule has 0 saturated carbocycles. The first kappa shape index (κ1) is 17.2. The average molecular weight is 360 g/mol. The Morgan fingerprint density at radius 2 is 2.09 bits per heavy atom. The molecule has 0 fully saturated rings. The van der Waals surface area contributed by atoms with Gasteiger partial charge in [0.05, 0.1) is 29.3 Å². The number of nitrogen functional groups attached to an aromatic ring is 1. The minimum absolute atomic E-state index is 0.00558. The second-order valence-electron chi connectivity index (χ2n) is 4.43. The standard InChI is InChI=1S/C14H12Cl2FN3O3/c1-2-23-12-7(15)4-3-6(11(12)17)14-19-8(5-9(21)22)10(16)13(18)20-14/h3-4H,2,5H2,1H3,(H,21,22)(H2,18,19,20). The van der Waals surface area contributed by atoms with Crippen LogP contribution in [-0.2, 0) is 11.2 Å². The number of aliphatic carboxylic acids is 1. The van der Waals surface area contributed by atoms with E-state index < -0.39 is 18.2 Å². The zero-order valence-electron chi connectivity index (χ0n) is 11.9. The van der Waals surface area contributed by atoms with Gasteiger partial charge >= 0.3 is 5.97 Å². The third kappa shape index (κ3) is 3.62. The number of nitrogens with zero attached hydrogens (tertiary/aromatic N) is 2. The largest absolute Gasteiger partial charge is 0.489 e. The van der Waals surface area contributed by atoms with E-state index in [0.29, 0.717) is 0 Å². The molecule has 0 spiro atoms. The van der Waals surface area contributed by atoms with Gasteiger partial charge in [-0.15, -0.1) is 0 Å². The van der Waals surface area contributed by atoms with Crippen molar-refractivity contribution >= 4 is 35.0 Å². The quantitative estimate of drug-likeness (QED) is 0.850. The molecule has 0 atom stereocenters. The van der Waals surface area contributed by atoms with E-state index in [0.717, 1.165) is 0 Å². The van der Waals surface area contributed by atoms with Gasteiger partial charge in [-0.3, -0.25) is 4.79 Å². The molecular formula is C14H12Cl2FN3O3. The van der Waals surface area contributed by atoms with Crippen molar-refractivity contribution in [1.29, 1.82) is 0 Å². The number of hydrogen-bond donors (Lipinski definition) is 2. The highest BCUT2D eigenvalue weighted by Gasteiger charge is 2.20. The molecule has 1 aromatic heterocycles. The number of ether oxygens (including phenoxy) is 1. The highest BCUT2D eigenvalue weighted by molar-refractivity contribution is 6.33. The molecule has 0 radical (unpaired) electrons. The first-order chi connectivity index (χ1) is 10.8.